The smallest absolute Gasteiger partial charge is 0.488 e. The van der Waals surface area contributed by atoms with Crippen LogP contribution in [0.2, 0.25) is 0 Å². The van der Waals surface area contributed by atoms with E-state index in [1.54, 1.807) is 24.3 Å². The van der Waals surface area contributed by atoms with Crippen LogP contribution in [0.15, 0.2) is 72.8 Å². The van der Waals surface area contributed by atoms with Crippen molar-refractivity contribution in [2.45, 2.75) is 13.0 Å². The second kappa shape index (κ2) is 9.34. The molecule has 0 fully saturated rings. The monoisotopic (exact) mass is 403 g/mol. The lowest BCUT2D eigenvalue weighted by molar-refractivity contribution is -0.274. The van der Waals surface area contributed by atoms with E-state index in [1.165, 1.54) is 18.2 Å². The van der Waals surface area contributed by atoms with Gasteiger partial charge in [-0.05, 0) is 41.0 Å². The maximum absolute atomic E-state index is 12.5. The van der Waals surface area contributed by atoms with Crippen LogP contribution in [-0.2, 0) is 6.61 Å². The minimum Gasteiger partial charge on any atom is -0.488 e. The summed E-state index contributed by atoms with van der Waals surface area (Å²) < 4.78 is 53.1. The highest BCUT2D eigenvalue weighted by Crippen LogP contribution is 2.35. The molecule has 0 heterocycles. The summed E-state index contributed by atoms with van der Waals surface area (Å²) in [5.74, 6) is 0.699. The van der Waals surface area contributed by atoms with Crippen molar-refractivity contribution in [1.29, 1.82) is 0 Å². The Morgan fingerprint density at radius 2 is 1.52 bits per heavy atom. The largest absolute Gasteiger partial charge is 0.573 e. The highest BCUT2D eigenvalue weighted by molar-refractivity contribution is 5.68. The maximum atomic E-state index is 12.5. The van der Waals surface area contributed by atoms with Gasteiger partial charge < -0.3 is 19.9 Å². The number of rotatable bonds is 8. The van der Waals surface area contributed by atoms with E-state index in [0.717, 1.165) is 5.56 Å². The van der Waals surface area contributed by atoms with E-state index in [4.69, 9.17) is 15.2 Å². The molecule has 3 rings (SSSR count). The quantitative estimate of drug-likeness (QED) is 0.564. The first-order valence-electron chi connectivity index (χ1n) is 8.94. The Balaban J connectivity index is 1.87. The number of halogens is 3. The Morgan fingerprint density at radius 1 is 0.759 bits per heavy atom. The summed E-state index contributed by atoms with van der Waals surface area (Å²) in [5.41, 5.74) is 7.71. The molecule has 0 aliphatic rings. The van der Waals surface area contributed by atoms with Crippen molar-refractivity contribution in [1.82, 2.24) is 0 Å². The van der Waals surface area contributed by atoms with Crippen molar-refractivity contribution in [3.05, 3.63) is 78.4 Å². The summed E-state index contributed by atoms with van der Waals surface area (Å²) in [6.45, 7) is 0.979. The van der Waals surface area contributed by atoms with Gasteiger partial charge in [-0.2, -0.15) is 0 Å². The van der Waals surface area contributed by atoms with Crippen molar-refractivity contribution in [2.75, 3.05) is 13.2 Å². The number of hydrogen-bond donors (Lipinski definition) is 1. The Morgan fingerprint density at radius 3 is 2.24 bits per heavy atom. The van der Waals surface area contributed by atoms with E-state index in [9.17, 15) is 13.2 Å². The zero-order valence-corrected chi connectivity index (χ0v) is 15.5. The summed E-state index contributed by atoms with van der Waals surface area (Å²) >= 11 is 0. The topological polar surface area (TPSA) is 53.7 Å². The first-order valence-corrected chi connectivity index (χ1v) is 8.94. The van der Waals surface area contributed by atoms with Crippen LogP contribution >= 0.6 is 0 Å². The summed E-state index contributed by atoms with van der Waals surface area (Å²) in [4.78, 5) is 0. The molecule has 0 unspecified atom stereocenters. The summed E-state index contributed by atoms with van der Waals surface area (Å²) in [6, 6.07) is 20.5. The van der Waals surface area contributed by atoms with Crippen LogP contribution in [0, 0.1) is 0 Å². The van der Waals surface area contributed by atoms with Crippen molar-refractivity contribution in [3.8, 4) is 28.4 Å². The van der Waals surface area contributed by atoms with Gasteiger partial charge >= 0.3 is 6.36 Å². The van der Waals surface area contributed by atoms with Gasteiger partial charge in [-0.1, -0.05) is 48.5 Å². The van der Waals surface area contributed by atoms with Gasteiger partial charge in [-0.3, -0.25) is 0 Å². The van der Waals surface area contributed by atoms with Crippen LogP contribution in [0.3, 0.4) is 0 Å². The predicted molar refractivity (Wildman–Crippen MR) is 104 cm³/mol. The molecule has 29 heavy (non-hydrogen) atoms. The zero-order chi connectivity index (χ0) is 20.7. The molecular weight excluding hydrogens is 383 g/mol. The second-order valence-corrected chi connectivity index (χ2v) is 6.15. The zero-order valence-electron chi connectivity index (χ0n) is 15.5. The van der Waals surface area contributed by atoms with Gasteiger partial charge in [0.15, 0.2) is 11.5 Å². The van der Waals surface area contributed by atoms with Crippen LogP contribution in [0.1, 0.15) is 5.56 Å². The number of hydrogen-bond acceptors (Lipinski definition) is 4. The van der Waals surface area contributed by atoms with Crippen LogP contribution in [-0.4, -0.2) is 19.5 Å². The molecule has 0 amide bonds. The number of ether oxygens (including phenoxy) is 3. The van der Waals surface area contributed by atoms with Crippen molar-refractivity contribution >= 4 is 0 Å². The predicted octanol–water partition coefficient (Wildman–Crippen LogP) is 5.17. The van der Waals surface area contributed by atoms with E-state index in [1.807, 2.05) is 30.3 Å². The molecule has 0 aliphatic carbocycles. The Kier molecular flexibility index (Phi) is 6.61. The van der Waals surface area contributed by atoms with Gasteiger partial charge in [-0.15, -0.1) is 13.2 Å². The fourth-order valence-corrected chi connectivity index (χ4v) is 2.70. The van der Waals surface area contributed by atoms with E-state index in [2.05, 4.69) is 4.74 Å². The van der Waals surface area contributed by atoms with Gasteiger partial charge in [0.2, 0.25) is 0 Å². The van der Waals surface area contributed by atoms with Gasteiger partial charge in [0, 0.05) is 6.54 Å². The van der Waals surface area contributed by atoms with Crippen molar-refractivity contribution in [2.24, 2.45) is 5.73 Å². The van der Waals surface area contributed by atoms with Gasteiger partial charge in [0.1, 0.15) is 19.0 Å². The fraction of sp³-hybridized carbons (Fsp3) is 0.182. The third-order valence-corrected chi connectivity index (χ3v) is 3.96. The third kappa shape index (κ3) is 6.15. The number of alkyl halides is 3. The van der Waals surface area contributed by atoms with Crippen LogP contribution < -0.4 is 19.9 Å². The maximum Gasteiger partial charge on any atom is 0.573 e. The summed E-state index contributed by atoms with van der Waals surface area (Å²) in [6.07, 6.45) is -4.75. The molecule has 0 saturated carbocycles. The molecule has 0 saturated heterocycles. The average molecular weight is 403 g/mol. The molecular formula is C22H20F3NO3. The normalized spacial score (nSPS) is 11.2. The molecule has 4 nitrogen and oxygen atoms in total. The molecule has 7 heteroatoms. The molecule has 3 aromatic carbocycles. The lowest BCUT2D eigenvalue weighted by atomic mass is 10.0. The summed E-state index contributed by atoms with van der Waals surface area (Å²) in [7, 11) is 0. The van der Waals surface area contributed by atoms with Crippen LogP contribution in [0.5, 0.6) is 17.2 Å². The highest BCUT2D eigenvalue weighted by Gasteiger charge is 2.31. The molecule has 0 spiro atoms. The summed E-state index contributed by atoms with van der Waals surface area (Å²) in [5, 5.41) is 0. The Bertz CT molecular complexity index is 930. The van der Waals surface area contributed by atoms with Gasteiger partial charge in [0.05, 0.1) is 0 Å². The highest BCUT2D eigenvalue weighted by atomic mass is 19.4. The molecule has 2 N–H and O–H groups in total. The Hall–Kier alpha value is -3.19. The Labute approximate surface area is 166 Å². The van der Waals surface area contributed by atoms with Crippen LogP contribution in [0.25, 0.3) is 11.1 Å². The number of nitrogens with two attached hydrogens (primary N) is 1. The lowest BCUT2D eigenvalue weighted by Gasteiger charge is -2.15. The van der Waals surface area contributed by atoms with Crippen LogP contribution in [0.4, 0.5) is 13.2 Å². The third-order valence-electron chi connectivity index (χ3n) is 3.96. The first-order chi connectivity index (χ1) is 13.9. The average Bonchev–Trinajstić information content (AvgIpc) is 2.70. The molecule has 0 atom stereocenters. The molecule has 3 aromatic rings. The standard InChI is InChI=1S/C22H20F3NO3/c23-22(24,25)29-19-8-4-7-17(13-19)18-9-10-20(27-12-11-26)21(14-18)28-15-16-5-2-1-3-6-16/h1-10,13-14H,11-12,15,26H2. The van der Waals surface area contributed by atoms with Gasteiger partial charge in [0.25, 0.3) is 0 Å². The van der Waals surface area contributed by atoms with Crippen molar-refractivity contribution < 1.29 is 27.4 Å². The molecule has 0 aliphatic heterocycles. The molecule has 0 bridgehead atoms. The number of benzene rings is 3. The minimum absolute atomic E-state index is 0.287. The minimum atomic E-state index is -4.75. The van der Waals surface area contributed by atoms with E-state index in [0.29, 0.717) is 42.4 Å². The first kappa shape index (κ1) is 20.5. The van der Waals surface area contributed by atoms with E-state index >= 15 is 0 Å². The van der Waals surface area contributed by atoms with E-state index < -0.39 is 6.36 Å². The molecule has 0 aromatic heterocycles. The lowest BCUT2D eigenvalue weighted by Crippen LogP contribution is -2.17. The van der Waals surface area contributed by atoms with E-state index in [-0.39, 0.29) is 5.75 Å². The molecule has 152 valence electrons. The SMILES string of the molecule is NCCOc1ccc(-c2cccc(OC(F)(F)F)c2)cc1OCc1ccccc1. The fourth-order valence-electron chi connectivity index (χ4n) is 2.70. The second-order valence-electron chi connectivity index (χ2n) is 6.15. The molecule has 0 radical (unpaired) electrons. The van der Waals surface area contributed by atoms with Gasteiger partial charge in [-0.25, -0.2) is 0 Å². The van der Waals surface area contributed by atoms with Crippen molar-refractivity contribution in [3.63, 3.8) is 0 Å².